The summed E-state index contributed by atoms with van der Waals surface area (Å²) in [5.41, 5.74) is -0.460. The van der Waals surface area contributed by atoms with E-state index in [4.69, 9.17) is 16.3 Å². The third-order valence-electron chi connectivity index (χ3n) is 6.64. The molecule has 1 amide bonds. The van der Waals surface area contributed by atoms with Crippen LogP contribution < -0.4 is 30.4 Å². The lowest BCUT2D eigenvalue weighted by Crippen LogP contribution is -2.35. The number of likely N-dealkylation sites (N-methyl/N-ethyl adjacent to an activating group) is 1. The third kappa shape index (κ3) is 7.63. The quantitative estimate of drug-likeness (QED) is 0.234. The molecule has 1 heterocycles. The number of carbonyl (C=O) groups excluding carboxylic acids is 1. The second kappa shape index (κ2) is 12.9. The average molecular weight is 639 g/mol. The monoisotopic (exact) mass is 638 g/mol. The Balaban J connectivity index is 1.75. The molecule has 0 atom stereocenters. The van der Waals surface area contributed by atoms with Crippen molar-refractivity contribution in [2.75, 3.05) is 37.2 Å². The van der Waals surface area contributed by atoms with Gasteiger partial charge in [0.2, 0.25) is 0 Å². The van der Waals surface area contributed by atoms with Crippen molar-refractivity contribution in [2.45, 2.75) is 32.7 Å². The highest BCUT2D eigenvalue weighted by atomic mass is 35.5. The zero-order chi connectivity index (χ0) is 31.6. The average Bonchev–Trinajstić information content (AvgIpc) is 3.74. The van der Waals surface area contributed by atoms with E-state index in [1.165, 1.54) is 32.2 Å². The maximum Gasteiger partial charge on any atom is 0.299 e. The number of rotatable bonds is 12. The van der Waals surface area contributed by atoms with E-state index >= 15 is 4.39 Å². The fourth-order valence-corrected chi connectivity index (χ4v) is 5.20. The molecule has 1 aromatic heterocycles. The molecule has 43 heavy (non-hydrogen) atoms. The molecule has 232 valence electrons. The number of nitrogens with one attached hydrogen (secondary N) is 4. The number of ether oxygens (including phenoxy) is 1. The number of carbonyl (C=O) groups is 1. The summed E-state index contributed by atoms with van der Waals surface area (Å²) in [6, 6.07) is 6.65. The molecule has 0 saturated heterocycles. The maximum absolute atomic E-state index is 15.3. The highest BCUT2D eigenvalue weighted by Gasteiger charge is 2.31. The second-order valence-electron chi connectivity index (χ2n) is 10.5. The van der Waals surface area contributed by atoms with E-state index in [0.29, 0.717) is 12.1 Å². The molecular formula is C28H33ClF2N6O5S. The number of halogens is 3. The highest BCUT2D eigenvalue weighted by molar-refractivity contribution is 7.90. The minimum absolute atomic E-state index is 0.00437. The van der Waals surface area contributed by atoms with Gasteiger partial charge in [-0.15, -0.1) is 0 Å². The smallest absolute Gasteiger partial charge is 0.299 e. The van der Waals surface area contributed by atoms with E-state index in [-0.39, 0.29) is 46.7 Å². The molecule has 4 N–H and O–H groups in total. The van der Waals surface area contributed by atoms with Crippen LogP contribution in [0, 0.1) is 25.5 Å². The Bertz CT molecular complexity index is 1730. The molecule has 11 nitrogen and oxygen atoms in total. The molecule has 0 bridgehead atoms. The van der Waals surface area contributed by atoms with Crippen LogP contribution in [-0.4, -0.2) is 57.0 Å². The van der Waals surface area contributed by atoms with Gasteiger partial charge in [-0.2, -0.15) is 13.1 Å². The summed E-state index contributed by atoms with van der Waals surface area (Å²) >= 11 is 6.27. The van der Waals surface area contributed by atoms with Gasteiger partial charge in [-0.3, -0.25) is 18.9 Å². The second-order valence-corrected chi connectivity index (χ2v) is 12.4. The summed E-state index contributed by atoms with van der Waals surface area (Å²) in [6.07, 6.45) is 1.53. The summed E-state index contributed by atoms with van der Waals surface area (Å²) in [7, 11) is 0.830. The lowest BCUT2D eigenvalue weighted by molar-refractivity contribution is 0.0948. The van der Waals surface area contributed by atoms with E-state index in [1.54, 1.807) is 32.0 Å². The number of hydrogen-bond acceptors (Lipinski definition) is 7. The minimum atomic E-state index is -4.13. The number of anilines is 3. The molecule has 0 aliphatic heterocycles. The van der Waals surface area contributed by atoms with Gasteiger partial charge in [-0.1, -0.05) is 17.7 Å². The first kappa shape index (κ1) is 32.2. The van der Waals surface area contributed by atoms with Gasteiger partial charge in [0.05, 0.1) is 16.9 Å². The molecule has 4 rings (SSSR count). The Morgan fingerprint density at radius 2 is 1.81 bits per heavy atom. The summed E-state index contributed by atoms with van der Waals surface area (Å²) in [5.74, 6) is -2.92. The first-order valence-electron chi connectivity index (χ1n) is 13.3. The van der Waals surface area contributed by atoms with Crippen LogP contribution in [-0.2, 0) is 17.3 Å². The topological polar surface area (TPSA) is 134 Å². The van der Waals surface area contributed by atoms with Gasteiger partial charge in [0.15, 0.2) is 11.6 Å². The van der Waals surface area contributed by atoms with Gasteiger partial charge < -0.3 is 20.3 Å². The van der Waals surface area contributed by atoms with Gasteiger partial charge in [0, 0.05) is 26.2 Å². The third-order valence-corrected chi connectivity index (χ3v) is 8.06. The van der Waals surface area contributed by atoms with Gasteiger partial charge in [-0.25, -0.2) is 8.78 Å². The van der Waals surface area contributed by atoms with Crippen LogP contribution in [0.4, 0.5) is 26.0 Å². The Morgan fingerprint density at radius 3 is 2.44 bits per heavy atom. The van der Waals surface area contributed by atoms with Crippen LogP contribution in [0.25, 0.3) is 0 Å². The van der Waals surface area contributed by atoms with Crippen LogP contribution in [0.3, 0.4) is 0 Å². The first-order valence-corrected chi connectivity index (χ1v) is 15.2. The molecule has 2 aromatic carbocycles. The molecule has 1 aliphatic carbocycles. The van der Waals surface area contributed by atoms with E-state index in [2.05, 4.69) is 20.1 Å². The van der Waals surface area contributed by atoms with Crippen molar-refractivity contribution in [1.82, 2.24) is 19.5 Å². The summed E-state index contributed by atoms with van der Waals surface area (Å²) < 4.78 is 66.3. The van der Waals surface area contributed by atoms with Crippen molar-refractivity contribution < 1.29 is 26.7 Å². The van der Waals surface area contributed by atoms with Crippen molar-refractivity contribution in [2.24, 2.45) is 7.05 Å². The highest BCUT2D eigenvalue weighted by Crippen LogP contribution is 2.39. The van der Waals surface area contributed by atoms with Crippen LogP contribution >= 0.6 is 11.6 Å². The molecular weight excluding hydrogens is 606 g/mol. The zero-order valence-electron chi connectivity index (χ0n) is 24.3. The minimum Gasteiger partial charge on any atom is -0.454 e. The van der Waals surface area contributed by atoms with E-state index in [1.807, 2.05) is 0 Å². The number of aromatic nitrogens is 1. The molecule has 1 fully saturated rings. The van der Waals surface area contributed by atoms with Crippen LogP contribution in [0.15, 0.2) is 35.1 Å². The van der Waals surface area contributed by atoms with E-state index in [9.17, 15) is 22.4 Å². The van der Waals surface area contributed by atoms with Crippen molar-refractivity contribution in [3.63, 3.8) is 0 Å². The van der Waals surface area contributed by atoms with Gasteiger partial charge >= 0.3 is 0 Å². The maximum atomic E-state index is 15.3. The molecule has 0 unspecified atom stereocenters. The van der Waals surface area contributed by atoms with Crippen molar-refractivity contribution in [3.05, 3.63) is 74.0 Å². The van der Waals surface area contributed by atoms with Gasteiger partial charge in [0.1, 0.15) is 28.0 Å². The summed E-state index contributed by atoms with van der Waals surface area (Å²) in [5, 5.41) is 5.09. The number of pyridine rings is 1. The molecule has 15 heteroatoms. The summed E-state index contributed by atoms with van der Waals surface area (Å²) in [4.78, 5) is 28.5. The molecule has 3 aromatic rings. The number of aryl methyl sites for hydroxylation is 1. The van der Waals surface area contributed by atoms with Crippen molar-refractivity contribution in [1.29, 1.82) is 0 Å². The van der Waals surface area contributed by atoms with Gasteiger partial charge in [0.25, 0.3) is 21.7 Å². The zero-order valence-corrected chi connectivity index (χ0v) is 25.8. The van der Waals surface area contributed by atoms with Crippen molar-refractivity contribution in [3.8, 4) is 11.5 Å². The lowest BCUT2D eigenvalue weighted by atomic mass is 10.1. The number of nitrogens with zero attached hydrogens (tertiary/aromatic N) is 2. The molecule has 0 spiro atoms. The predicted octanol–water partition coefficient (Wildman–Crippen LogP) is 4.17. The van der Waals surface area contributed by atoms with Crippen molar-refractivity contribution >= 4 is 44.9 Å². The SMILES string of the molecule is Cc1ccc(Nc2c(C(=O)NC3CC3)c(Oc3ccc(NS(=O)(=O)NCCN(C)C)c(F)c3Cl)c(C)c(=O)n2C)c(F)c1. The fraction of sp³-hybridized carbons (Fsp3) is 0.357. The Morgan fingerprint density at radius 1 is 1.14 bits per heavy atom. The number of amides is 1. The predicted molar refractivity (Wildman–Crippen MR) is 162 cm³/mol. The molecule has 1 aliphatic rings. The number of hydrogen-bond donors (Lipinski definition) is 4. The van der Waals surface area contributed by atoms with Crippen LogP contribution in [0.5, 0.6) is 11.5 Å². The molecule has 0 radical (unpaired) electrons. The van der Waals surface area contributed by atoms with Crippen LogP contribution in [0.2, 0.25) is 5.02 Å². The Hall–Kier alpha value is -3.72. The standard InChI is InChI=1S/C28H33ClF2N6O5S/c1-15-6-9-19(18(30)14-15)34-26-22(27(38)33-17-7-8-17)25(16(2)28(39)37(26)5)42-21-11-10-20(24(31)23(21)29)35-43(40,41)32-12-13-36(3)4/h6,9-11,14,17,32,34-35H,7-8,12-13H2,1-5H3,(H,33,38). The lowest BCUT2D eigenvalue weighted by Gasteiger charge is -2.22. The van der Waals surface area contributed by atoms with E-state index < -0.39 is 44.0 Å². The Kier molecular flexibility index (Phi) is 9.64. The largest absolute Gasteiger partial charge is 0.454 e. The molecule has 1 saturated carbocycles. The van der Waals surface area contributed by atoms with Gasteiger partial charge in [-0.05, 0) is 70.6 Å². The van der Waals surface area contributed by atoms with Crippen LogP contribution in [0.1, 0.15) is 34.3 Å². The number of benzene rings is 2. The summed E-state index contributed by atoms with van der Waals surface area (Å²) in [6.45, 7) is 3.64. The Labute approximate surface area is 253 Å². The normalized spacial score (nSPS) is 13.2. The fourth-order valence-electron chi connectivity index (χ4n) is 4.12. The first-order chi connectivity index (χ1) is 20.2. The van der Waals surface area contributed by atoms with E-state index in [0.717, 1.165) is 23.5 Å².